The number of hydrogen-bond donors (Lipinski definition) is 1. The number of alkyl halides is 1. The second-order valence-electron chi connectivity index (χ2n) is 4.24. The van der Waals surface area contributed by atoms with Crippen molar-refractivity contribution in [1.29, 1.82) is 0 Å². The van der Waals surface area contributed by atoms with Crippen molar-refractivity contribution in [2.45, 2.75) is 26.3 Å². The molecule has 90 valence electrons. The molecule has 0 saturated heterocycles. The van der Waals surface area contributed by atoms with Gasteiger partial charge in [0.15, 0.2) is 5.78 Å². The van der Waals surface area contributed by atoms with Crippen molar-refractivity contribution in [3.63, 3.8) is 0 Å². The van der Waals surface area contributed by atoms with Gasteiger partial charge >= 0.3 is 6.09 Å². The highest BCUT2D eigenvalue weighted by Crippen LogP contribution is 2.24. The molecule has 0 aromatic heterocycles. The molecule has 5 heteroatoms. The number of nitrogens with zero attached hydrogens (tertiary/aromatic N) is 1. The lowest BCUT2D eigenvalue weighted by atomic mass is 9.90. The summed E-state index contributed by atoms with van der Waals surface area (Å²) >= 11 is 5.49. The number of amides is 1. The lowest BCUT2D eigenvalue weighted by Crippen LogP contribution is -2.45. The molecule has 0 fully saturated rings. The number of halogens is 1. The molecule has 1 N–H and O–H groups in total. The SMILES string of the molecule is CC(C)[C@H]1CC(C(=O)CCl)=CCN1C(=O)O. The normalized spacial score (nSPS) is 20.9. The zero-order valence-electron chi connectivity index (χ0n) is 9.44. The van der Waals surface area contributed by atoms with E-state index in [0.29, 0.717) is 12.0 Å². The molecule has 0 bridgehead atoms. The van der Waals surface area contributed by atoms with Crippen LogP contribution in [0.1, 0.15) is 20.3 Å². The molecule has 0 aliphatic carbocycles. The van der Waals surface area contributed by atoms with Gasteiger partial charge in [-0.1, -0.05) is 19.9 Å². The number of carbonyl (C=O) groups excluding carboxylic acids is 1. The second-order valence-corrected chi connectivity index (χ2v) is 4.50. The number of ketones is 1. The predicted octanol–water partition coefficient (Wildman–Crippen LogP) is 2.13. The Morgan fingerprint density at radius 3 is 2.69 bits per heavy atom. The summed E-state index contributed by atoms with van der Waals surface area (Å²) in [6, 6.07) is -0.135. The van der Waals surface area contributed by atoms with Crippen LogP contribution in [0, 0.1) is 5.92 Å². The summed E-state index contributed by atoms with van der Waals surface area (Å²) in [4.78, 5) is 23.8. The van der Waals surface area contributed by atoms with E-state index in [0.717, 1.165) is 0 Å². The summed E-state index contributed by atoms with van der Waals surface area (Å²) in [7, 11) is 0. The third-order valence-electron chi connectivity index (χ3n) is 2.86. The zero-order chi connectivity index (χ0) is 12.3. The molecule has 1 heterocycles. The average Bonchev–Trinajstić information content (AvgIpc) is 2.26. The van der Waals surface area contributed by atoms with Crippen LogP contribution in [0.5, 0.6) is 0 Å². The number of carbonyl (C=O) groups is 2. The quantitative estimate of drug-likeness (QED) is 0.775. The summed E-state index contributed by atoms with van der Waals surface area (Å²) in [5.41, 5.74) is 0.659. The van der Waals surface area contributed by atoms with E-state index < -0.39 is 6.09 Å². The maximum atomic E-state index is 11.4. The molecule has 4 nitrogen and oxygen atoms in total. The van der Waals surface area contributed by atoms with E-state index in [1.165, 1.54) is 4.90 Å². The van der Waals surface area contributed by atoms with E-state index >= 15 is 0 Å². The Balaban J connectivity index is 2.86. The van der Waals surface area contributed by atoms with E-state index in [-0.39, 0.29) is 30.2 Å². The van der Waals surface area contributed by atoms with Crippen molar-refractivity contribution in [3.8, 4) is 0 Å². The number of rotatable bonds is 3. The summed E-state index contributed by atoms with van der Waals surface area (Å²) in [5, 5.41) is 9.03. The van der Waals surface area contributed by atoms with Crippen LogP contribution < -0.4 is 0 Å². The van der Waals surface area contributed by atoms with E-state index in [2.05, 4.69) is 0 Å². The van der Waals surface area contributed by atoms with Gasteiger partial charge in [-0.15, -0.1) is 11.6 Å². The van der Waals surface area contributed by atoms with Gasteiger partial charge in [0.25, 0.3) is 0 Å². The Hall–Kier alpha value is -1.03. The Morgan fingerprint density at radius 1 is 1.62 bits per heavy atom. The lowest BCUT2D eigenvalue weighted by molar-refractivity contribution is -0.113. The van der Waals surface area contributed by atoms with Crippen LogP contribution in [-0.2, 0) is 4.79 Å². The van der Waals surface area contributed by atoms with Crippen LogP contribution in [-0.4, -0.2) is 40.3 Å². The summed E-state index contributed by atoms with van der Waals surface area (Å²) < 4.78 is 0. The largest absolute Gasteiger partial charge is 0.465 e. The van der Waals surface area contributed by atoms with Crippen LogP contribution in [0.2, 0.25) is 0 Å². The molecule has 0 spiro atoms. The minimum atomic E-state index is -0.938. The smallest absolute Gasteiger partial charge is 0.407 e. The van der Waals surface area contributed by atoms with Gasteiger partial charge in [0.05, 0.1) is 5.88 Å². The van der Waals surface area contributed by atoms with E-state index in [9.17, 15) is 9.59 Å². The van der Waals surface area contributed by atoms with E-state index in [1.807, 2.05) is 13.8 Å². The summed E-state index contributed by atoms with van der Waals surface area (Å²) in [5.74, 6) is 0.0456. The Labute approximate surface area is 99.9 Å². The minimum Gasteiger partial charge on any atom is -0.465 e. The molecule has 0 saturated carbocycles. The van der Waals surface area contributed by atoms with Crippen molar-refractivity contribution in [3.05, 3.63) is 11.6 Å². The first kappa shape index (κ1) is 13.0. The Kier molecular flexibility index (Phi) is 4.35. The van der Waals surface area contributed by atoms with Gasteiger partial charge < -0.3 is 10.0 Å². The molecular weight excluding hydrogens is 230 g/mol. The summed E-state index contributed by atoms with van der Waals surface area (Å²) in [6.07, 6.45) is 1.19. The van der Waals surface area contributed by atoms with Crippen molar-refractivity contribution in [2.24, 2.45) is 5.92 Å². The van der Waals surface area contributed by atoms with Crippen LogP contribution in [0.25, 0.3) is 0 Å². The molecule has 0 aromatic carbocycles. The van der Waals surface area contributed by atoms with E-state index in [1.54, 1.807) is 6.08 Å². The fraction of sp³-hybridized carbons (Fsp3) is 0.636. The lowest BCUT2D eigenvalue weighted by Gasteiger charge is -2.35. The zero-order valence-corrected chi connectivity index (χ0v) is 10.2. The van der Waals surface area contributed by atoms with Crippen molar-refractivity contribution in [1.82, 2.24) is 4.90 Å². The molecule has 1 amide bonds. The van der Waals surface area contributed by atoms with Gasteiger partial charge in [0.1, 0.15) is 0 Å². The standard InChI is InChI=1S/C11H16ClNO3/c1-7(2)9-5-8(10(14)6-12)3-4-13(9)11(15)16/h3,7,9H,4-6H2,1-2H3,(H,15,16)/t9-/m1/s1. The molecule has 0 aromatic rings. The maximum Gasteiger partial charge on any atom is 0.407 e. The monoisotopic (exact) mass is 245 g/mol. The third-order valence-corrected chi connectivity index (χ3v) is 3.10. The Morgan fingerprint density at radius 2 is 2.25 bits per heavy atom. The van der Waals surface area contributed by atoms with Gasteiger partial charge in [0, 0.05) is 12.6 Å². The fourth-order valence-electron chi connectivity index (χ4n) is 1.89. The number of carboxylic acid groups (broad SMARTS) is 1. The molecule has 16 heavy (non-hydrogen) atoms. The molecule has 0 radical (unpaired) electrons. The van der Waals surface area contributed by atoms with Gasteiger partial charge in [-0.3, -0.25) is 4.79 Å². The average molecular weight is 246 g/mol. The van der Waals surface area contributed by atoms with Crippen LogP contribution >= 0.6 is 11.6 Å². The summed E-state index contributed by atoms with van der Waals surface area (Å²) in [6.45, 7) is 4.18. The van der Waals surface area contributed by atoms with Crippen molar-refractivity contribution < 1.29 is 14.7 Å². The maximum absolute atomic E-state index is 11.4. The molecule has 1 atom stereocenters. The molecule has 1 aliphatic heterocycles. The van der Waals surface area contributed by atoms with Gasteiger partial charge in [-0.2, -0.15) is 0 Å². The predicted molar refractivity (Wildman–Crippen MR) is 61.8 cm³/mol. The van der Waals surface area contributed by atoms with Gasteiger partial charge in [-0.25, -0.2) is 4.79 Å². The Bertz CT molecular complexity index is 325. The number of hydrogen-bond acceptors (Lipinski definition) is 2. The first-order chi connectivity index (χ1) is 7.47. The highest BCUT2D eigenvalue weighted by Gasteiger charge is 2.30. The topological polar surface area (TPSA) is 57.6 Å². The highest BCUT2D eigenvalue weighted by atomic mass is 35.5. The third kappa shape index (κ3) is 2.76. The first-order valence-electron chi connectivity index (χ1n) is 5.25. The van der Waals surface area contributed by atoms with Gasteiger partial charge in [-0.05, 0) is 17.9 Å². The van der Waals surface area contributed by atoms with Crippen LogP contribution in [0.4, 0.5) is 4.79 Å². The van der Waals surface area contributed by atoms with E-state index in [4.69, 9.17) is 16.7 Å². The minimum absolute atomic E-state index is 0.0380. The van der Waals surface area contributed by atoms with Crippen molar-refractivity contribution in [2.75, 3.05) is 12.4 Å². The van der Waals surface area contributed by atoms with Crippen LogP contribution in [0.3, 0.4) is 0 Å². The molecule has 0 unspecified atom stereocenters. The molecular formula is C11H16ClNO3. The molecule has 1 rings (SSSR count). The fourth-order valence-corrected chi connectivity index (χ4v) is 2.06. The first-order valence-corrected chi connectivity index (χ1v) is 5.78. The highest BCUT2D eigenvalue weighted by molar-refractivity contribution is 6.30. The van der Waals surface area contributed by atoms with Gasteiger partial charge in [0.2, 0.25) is 0 Å². The molecule has 1 aliphatic rings. The van der Waals surface area contributed by atoms with Crippen LogP contribution in [0.15, 0.2) is 11.6 Å². The second kappa shape index (κ2) is 5.34. The number of Topliss-reactive ketones (excluding diaryl/α,β-unsaturated/α-hetero) is 1. The van der Waals surface area contributed by atoms with Crippen molar-refractivity contribution >= 4 is 23.5 Å².